The highest BCUT2D eigenvalue weighted by atomic mass is 16.7. The minimum absolute atomic E-state index is 0.237. The molecule has 1 aliphatic heterocycles. The number of ether oxygens (including phenoxy) is 2. The summed E-state index contributed by atoms with van der Waals surface area (Å²) in [6.45, 7) is 3.44. The molecule has 9 atom stereocenters. The average molecular weight is 995 g/mol. The predicted octanol–water partition coefficient (Wildman–Crippen LogP) is 12.3. The van der Waals surface area contributed by atoms with Crippen molar-refractivity contribution in [2.75, 3.05) is 13.2 Å². The van der Waals surface area contributed by atoms with E-state index in [2.05, 4.69) is 55.6 Å². The van der Waals surface area contributed by atoms with Gasteiger partial charge in [-0.2, -0.15) is 0 Å². The Morgan fingerprint density at radius 2 is 0.857 bits per heavy atom. The van der Waals surface area contributed by atoms with E-state index in [0.29, 0.717) is 19.3 Å². The van der Waals surface area contributed by atoms with Gasteiger partial charge in [-0.3, -0.25) is 4.79 Å². The van der Waals surface area contributed by atoms with Crippen molar-refractivity contribution < 1.29 is 50.0 Å². The smallest absolute Gasteiger partial charge is 0.249 e. The lowest BCUT2D eigenvalue weighted by atomic mass is 9.98. The summed E-state index contributed by atoms with van der Waals surface area (Å²) >= 11 is 0. The normalized spacial score (nSPS) is 20.5. The lowest BCUT2D eigenvalue weighted by molar-refractivity contribution is -0.303. The zero-order valence-corrected chi connectivity index (χ0v) is 45.0. The summed E-state index contributed by atoms with van der Waals surface area (Å²) in [7, 11) is 0. The molecular weight excluding hydrogens is 883 g/mol. The first kappa shape index (κ1) is 66.3. The Hall–Kier alpha value is -1.67. The van der Waals surface area contributed by atoms with Crippen LogP contribution in [0.4, 0.5) is 0 Å². The topological polar surface area (TPSA) is 189 Å². The van der Waals surface area contributed by atoms with Gasteiger partial charge in [0.05, 0.1) is 25.4 Å². The molecule has 1 heterocycles. The Balaban J connectivity index is 2.31. The van der Waals surface area contributed by atoms with Crippen LogP contribution in [0.25, 0.3) is 0 Å². The van der Waals surface area contributed by atoms with Crippen LogP contribution in [0.3, 0.4) is 0 Å². The minimum atomic E-state index is -1.67. The molecule has 9 unspecified atom stereocenters. The van der Waals surface area contributed by atoms with Crippen LogP contribution in [-0.4, -0.2) is 110 Å². The Labute approximate surface area is 428 Å². The Morgan fingerprint density at radius 1 is 0.486 bits per heavy atom. The number of hydrogen-bond acceptors (Lipinski definition) is 10. The fourth-order valence-electron chi connectivity index (χ4n) is 9.34. The van der Waals surface area contributed by atoms with Crippen molar-refractivity contribution >= 4 is 5.91 Å². The highest BCUT2D eigenvalue weighted by Crippen LogP contribution is 2.23. The van der Waals surface area contributed by atoms with Gasteiger partial charge in [0.2, 0.25) is 5.91 Å². The average Bonchev–Trinajstić information content (AvgIpc) is 3.36. The van der Waals surface area contributed by atoms with Gasteiger partial charge in [0.15, 0.2) is 6.29 Å². The van der Waals surface area contributed by atoms with Gasteiger partial charge >= 0.3 is 0 Å². The van der Waals surface area contributed by atoms with Gasteiger partial charge in [-0.05, 0) is 77.0 Å². The number of unbranched alkanes of at least 4 members (excludes halogenated alkanes) is 32. The molecule has 1 amide bonds. The van der Waals surface area contributed by atoms with Gasteiger partial charge in [0.1, 0.15) is 36.6 Å². The number of carbonyl (C=O) groups is 1. The molecule has 1 aliphatic rings. The molecule has 0 aromatic carbocycles. The summed E-state index contributed by atoms with van der Waals surface area (Å²) in [5, 5.41) is 76.0. The Bertz CT molecular complexity index is 1230. The van der Waals surface area contributed by atoms with Crippen LogP contribution in [0.15, 0.2) is 36.5 Å². The molecule has 0 saturated carbocycles. The van der Waals surface area contributed by atoms with Crippen LogP contribution in [0.1, 0.15) is 264 Å². The van der Waals surface area contributed by atoms with Crippen molar-refractivity contribution in [3.63, 3.8) is 0 Å². The number of nitrogens with one attached hydrogen (secondary N) is 1. The second-order valence-corrected chi connectivity index (χ2v) is 20.7. The Morgan fingerprint density at radius 3 is 1.27 bits per heavy atom. The molecule has 11 nitrogen and oxygen atoms in total. The maximum Gasteiger partial charge on any atom is 0.249 e. The van der Waals surface area contributed by atoms with Crippen LogP contribution in [0, 0.1) is 0 Å². The SMILES string of the molecule is CCCCCCCCC/C=C\CCCCCCC(O)C(=O)NC(COC1OC(CO)C(O)C(O)C1O)C(O)C(O)CCC/C=C/CC/C=C/CCCCCCCCCCCCCCCCCCCCC. The molecule has 0 spiro atoms. The van der Waals surface area contributed by atoms with Crippen LogP contribution >= 0.6 is 0 Å². The summed E-state index contributed by atoms with van der Waals surface area (Å²) in [5.41, 5.74) is 0. The molecule has 1 fully saturated rings. The maximum absolute atomic E-state index is 13.1. The zero-order valence-electron chi connectivity index (χ0n) is 45.0. The van der Waals surface area contributed by atoms with E-state index in [-0.39, 0.29) is 12.8 Å². The molecular formula is C59H111NO10. The molecule has 1 saturated heterocycles. The van der Waals surface area contributed by atoms with E-state index in [1.165, 1.54) is 167 Å². The van der Waals surface area contributed by atoms with Crippen LogP contribution in [0.2, 0.25) is 0 Å². The predicted molar refractivity (Wildman–Crippen MR) is 289 cm³/mol. The van der Waals surface area contributed by atoms with Gasteiger partial charge < -0.3 is 50.5 Å². The first-order valence-electron chi connectivity index (χ1n) is 29.4. The first-order valence-corrected chi connectivity index (χ1v) is 29.4. The monoisotopic (exact) mass is 994 g/mol. The van der Waals surface area contributed by atoms with Gasteiger partial charge in [-0.1, -0.05) is 224 Å². The van der Waals surface area contributed by atoms with Gasteiger partial charge in [-0.15, -0.1) is 0 Å². The molecule has 1 rings (SSSR count). The third kappa shape index (κ3) is 36.3. The van der Waals surface area contributed by atoms with Crippen LogP contribution < -0.4 is 5.32 Å². The van der Waals surface area contributed by atoms with Crippen molar-refractivity contribution in [2.24, 2.45) is 0 Å². The minimum Gasteiger partial charge on any atom is -0.394 e. The largest absolute Gasteiger partial charge is 0.394 e. The van der Waals surface area contributed by atoms with Gasteiger partial charge in [0.25, 0.3) is 0 Å². The van der Waals surface area contributed by atoms with E-state index in [1.54, 1.807) is 0 Å². The first-order chi connectivity index (χ1) is 34.2. The van der Waals surface area contributed by atoms with Gasteiger partial charge in [0, 0.05) is 0 Å². The zero-order chi connectivity index (χ0) is 51.1. The van der Waals surface area contributed by atoms with Gasteiger partial charge in [-0.25, -0.2) is 0 Å². The molecule has 412 valence electrons. The molecule has 0 aromatic heterocycles. The fourth-order valence-corrected chi connectivity index (χ4v) is 9.34. The number of allylic oxidation sites excluding steroid dienone is 6. The van der Waals surface area contributed by atoms with E-state index in [9.17, 15) is 40.5 Å². The number of aliphatic hydroxyl groups excluding tert-OH is 7. The summed E-state index contributed by atoms with van der Waals surface area (Å²) < 4.78 is 11.1. The number of aliphatic hydroxyl groups is 7. The Kier molecular flexibility index (Phi) is 45.8. The molecule has 0 aliphatic carbocycles. The number of rotatable bonds is 50. The molecule has 0 aromatic rings. The lowest BCUT2D eigenvalue weighted by Crippen LogP contribution is -2.60. The van der Waals surface area contributed by atoms with Crippen molar-refractivity contribution in [3.05, 3.63) is 36.5 Å². The van der Waals surface area contributed by atoms with Crippen molar-refractivity contribution in [3.8, 4) is 0 Å². The number of amides is 1. The molecule has 0 radical (unpaired) electrons. The number of hydrogen-bond donors (Lipinski definition) is 8. The molecule has 8 N–H and O–H groups in total. The van der Waals surface area contributed by atoms with E-state index in [4.69, 9.17) is 9.47 Å². The molecule has 11 heteroatoms. The third-order valence-corrected chi connectivity index (χ3v) is 14.1. The van der Waals surface area contributed by atoms with Crippen LogP contribution in [-0.2, 0) is 14.3 Å². The summed E-state index contributed by atoms with van der Waals surface area (Å²) in [4.78, 5) is 13.1. The standard InChI is InChI=1S/C59H111NO10/c1-3-5-7-9-11-13-15-17-19-20-21-22-23-24-25-26-27-28-29-30-31-33-34-36-38-40-42-44-46-51(62)54(64)50(49-69-59-57(67)56(66)55(65)53(48-61)70-59)60-58(68)52(63)47-45-43-41-39-37-35-32-18-16-14-12-10-8-6-4-2/h31-33,35,38,40,50-57,59,61-67H,3-30,34,36-37,39,41-49H2,1-2H3,(H,60,68)/b33-31+,35-32-,40-38+. The number of carbonyl (C=O) groups excluding carboxylic acids is 1. The second kappa shape index (κ2) is 48.3. The van der Waals surface area contributed by atoms with E-state index in [1.807, 2.05) is 0 Å². The van der Waals surface area contributed by atoms with E-state index in [0.717, 1.165) is 51.4 Å². The highest BCUT2D eigenvalue weighted by molar-refractivity contribution is 5.80. The van der Waals surface area contributed by atoms with Crippen molar-refractivity contribution in [2.45, 2.75) is 319 Å². The second-order valence-electron chi connectivity index (χ2n) is 20.7. The molecule has 70 heavy (non-hydrogen) atoms. The van der Waals surface area contributed by atoms with Crippen LogP contribution in [0.5, 0.6) is 0 Å². The van der Waals surface area contributed by atoms with E-state index < -0.39 is 74.2 Å². The third-order valence-electron chi connectivity index (χ3n) is 14.1. The van der Waals surface area contributed by atoms with Crippen molar-refractivity contribution in [1.82, 2.24) is 5.32 Å². The van der Waals surface area contributed by atoms with E-state index >= 15 is 0 Å². The van der Waals surface area contributed by atoms with Crippen molar-refractivity contribution in [1.29, 1.82) is 0 Å². The summed E-state index contributed by atoms with van der Waals surface area (Å²) in [5.74, 6) is -0.718. The summed E-state index contributed by atoms with van der Waals surface area (Å²) in [6, 6.07) is -1.20. The maximum atomic E-state index is 13.1. The quantitative estimate of drug-likeness (QED) is 0.0215. The highest BCUT2D eigenvalue weighted by Gasteiger charge is 2.44. The molecule has 0 bridgehead atoms. The fraction of sp³-hybridized carbons (Fsp3) is 0.881. The lowest BCUT2D eigenvalue weighted by Gasteiger charge is -2.40. The summed E-state index contributed by atoms with van der Waals surface area (Å²) in [6.07, 6.45) is 47.9.